The van der Waals surface area contributed by atoms with Gasteiger partial charge in [0.25, 0.3) is 5.91 Å². The predicted molar refractivity (Wildman–Crippen MR) is 125 cm³/mol. The first-order valence-electron chi connectivity index (χ1n) is 10.1. The summed E-state index contributed by atoms with van der Waals surface area (Å²) in [4.78, 5) is 16.9. The Bertz CT molecular complexity index is 894. The monoisotopic (exact) mass is 468 g/mol. The van der Waals surface area contributed by atoms with Gasteiger partial charge in [0.05, 0.1) is 19.8 Å². The number of fused-ring (bicyclic) bond motifs is 1. The van der Waals surface area contributed by atoms with Gasteiger partial charge in [0.1, 0.15) is 5.75 Å². The fourth-order valence-corrected chi connectivity index (χ4v) is 3.77. The molecule has 0 fully saturated rings. The molecule has 8 heteroatoms. The van der Waals surface area contributed by atoms with Crippen molar-refractivity contribution in [1.82, 2.24) is 9.80 Å². The van der Waals surface area contributed by atoms with E-state index < -0.39 is 0 Å². The fraction of sp³-hybridized carbons (Fsp3) is 0.435. The van der Waals surface area contributed by atoms with Crippen LogP contribution in [0.5, 0.6) is 17.2 Å². The Balaban J connectivity index is 0.00000341. The van der Waals surface area contributed by atoms with Crippen molar-refractivity contribution >= 4 is 29.9 Å². The van der Waals surface area contributed by atoms with Crippen LogP contribution in [0.15, 0.2) is 36.4 Å². The summed E-state index contributed by atoms with van der Waals surface area (Å²) >= 11 is 6.05. The summed E-state index contributed by atoms with van der Waals surface area (Å²) in [7, 11) is 5.37. The second-order valence-electron chi connectivity index (χ2n) is 7.45. The standard InChI is InChI=1S/C23H29ClN2O4.ClH/c1-16-26(23(27)19-15-18(24)7-9-20(19)30-16)12-5-11-25(2)13-10-17-6-8-21(28-3)22(14-17)29-4;/h6-9,14-16H,5,10-13H2,1-4H3;1H. The minimum absolute atomic E-state index is 0. The number of nitrogens with zero attached hydrogens (tertiary/aromatic N) is 2. The topological polar surface area (TPSA) is 51.2 Å². The first-order valence-corrected chi connectivity index (χ1v) is 10.5. The molecule has 0 bridgehead atoms. The van der Waals surface area contributed by atoms with Gasteiger partial charge in [0, 0.05) is 18.1 Å². The summed E-state index contributed by atoms with van der Waals surface area (Å²) in [5, 5.41) is 0.537. The maximum atomic E-state index is 12.8. The van der Waals surface area contributed by atoms with E-state index in [2.05, 4.69) is 18.0 Å². The molecular weight excluding hydrogens is 439 g/mol. The molecular formula is C23H30Cl2N2O4. The lowest BCUT2D eigenvalue weighted by Gasteiger charge is -2.35. The molecule has 2 aromatic carbocycles. The maximum absolute atomic E-state index is 12.8. The summed E-state index contributed by atoms with van der Waals surface area (Å²) in [5.74, 6) is 2.05. The molecule has 6 nitrogen and oxygen atoms in total. The summed E-state index contributed by atoms with van der Waals surface area (Å²) in [6, 6.07) is 11.2. The van der Waals surface area contributed by atoms with Crippen molar-refractivity contribution < 1.29 is 19.0 Å². The van der Waals surface area contributed by atoms with Gasteiger partial charge in [0.15, 0.2) is 17.7 Å². The number of carbonyl (C=O) groups excluding carboxylic acids is 1. The molecule has 1 atom stereocenters. The van der Waals surface area contributed by atoms with Gasteiger partial charge in [-0.25, -0.2) is 0 Å². The number of hydrogen-bond donors (Lipinski definition) is 0. The average molecular weight is 469 g/mol. The molecule has 1 aliphatic rings. The van der Waals surface area contributed by atoms with Gasteiger partial charge >= 0.3 is 0 Å². The number of carbonyl (C=O) groups is 1. The maximum Gasteiger partial charge on any atom is 0.260 e. The number of hydrogen-bond acceptors (Lipinski definition) is 5. The number of methoxy groups -OCH3 is 2. The summed E-state index contributed by atoms with van der Waals surface area (Å²) < 4.78 is 16.5. The normalized spacial score (nSPS) is 15.2. The summed E-state index contributed by atoms with van der Waals surface area (Å²) in [6.45, 7) is 4.32. The van der Waals surface area contributed by atoms with Crippen molar-refractivity contribution in [3.8, 4) is 17.2 Å². The van der Waals surface area contributed by atoms with Gasteiger partial charge in [-0.15, -0.1) is 12.4 Å². The molecule has 0 N–H and O–H groups in total. The quantitative estimate of drug-likeness (QED) is 0.541. The third-order valence-electron chi connectivity index (χ3n) is 5.34. The fourth-order valence-electron chi connectivity index (χ4n) is 3.60. The Morgan fingerprint density at radius 2 is 1.84 bits per heavy atom. The Morgan fingerprint density at radius 3 is 2.55 bits per heavy atom. The van der Waals surface area contributed by atoms with E-state index in [9.17, 15) is 4.79 Å². The largest absolute Gasteiger partial charge is 0.493 e. The van der Waals surface area contributed by atoms with E-state index in [4.69, 9.17) is 25.8 Å². The van der Waals surface area contributed by atoms with Crippen molar-refractivity contribution in [2.45, 2.75) is 26.0 Å². The predicted octanol–water partition coefficient (Wildman–Crippen LogP) is 4.52. The number of benzene rings is 2. The Morgan fingerprint density at radius 1 is 1.10 bits per heavy atom. The van der Waals surface area contributed by atoms with E-state index in [-0.39, 0.29) is 24.5 Å². The minimum Gasteiger partial charge on any atom is -0.493 e. The van der Waals surface area contributed by atoms with Gasteiger partial charge in [-0.05, 0) is 69.3 Å². The van der Waals surface area contributed by atoms with Crippen molar-refractivity contribution in [2.24, 2.45) is 0 Å². The van der Waals surface area contributed by atoms with Crippen molar-refractivity contribution in [2.75, 3.05) is 40.9 Å². The van der Waals surface area contributed by atoms with Crippen LogP contribution in [0.4, 0.5) is 0 Å². The highest BCUT2D eigenvalue weighted by atomic mass is 35.5. The van der Waals surface area contributed by atoms with E-state index in [1.807, 2.05) is 19.1 Å². The SMILES string of the molecule is COc1ccc(CCN(C)CCCN2C(=O)c3cc(Cl)ccc3OC2C)cc1OC.Cl. The number of likely N-dealkylation sites (N-methyl/N-ethyl adjacent to an activating group) is 1. The van der Waals surface area contributed by atoms with E-state index in [0.29, 0.717) is 22.9 Å². The molecule has 0 radical (unpaired) electrons. The van der Waals surface area contributed by atoms with Crippen LogP contribution in [-0.4, -0.2) is 62.8 Å². The smallest absolute Gasteiger partial charge is 0.260 e. The molecule has 1 amide bonds. The third-order valence-corrected chi connectivity index (χ3v) is 5.57. The van der Waals surface area contributed by atoms with Crippen LogP contribution in [0.1, 0.15) is 29.3 Å². The number of amides is 1. The van der Waals surface area contributed by atoms with E-state index >= 15 is 0 Å². The Kier molecular flexibility index (Phi) is 9.29. The summed E-state index contributed by atoms with van der Waals surface area (Å²) in [6.07, 6.45) is 1.48. The first-order chi connectivity index (χ1) is 14.4. The Hall–Kier alpha value is -2.15. The highest BCUT2D eigenvalue weighted by Gasteiger charge is 2.30. The van der Waals surface area contributed by atoms with Gasteiger partial charge in [-0.1, -0.05) is 17.7 Å². The molecule has 1 aliphatic heterocycles. The van der Waals surface area contributed by atoms with Crippen LogP contribution >= 0.6 is 24.0 Å². The van der Waals surface area contributed by atoms with Crippen LogP contribution in [0.2, 0.25) is 5.02 Å². The molecule has 0 aliphatic carbocycles. The van der Waals surface area contributed by atoms with Crippen molar-refractivity contribution in [3.05, 3.63) is 52.5 Å². The molecule has 31 heavy (non-hydrogen) atoms. The van der Waals surface area contributed by atoms with Gasteiger partial charge < -0.3 is 24.0 Å². The molecule has 170 valence electrons. The highest BCUT2D eigenvalue weighted by molar-refractivity contribution is 6.31. The second-order valence-corrected chi connectivity index (χ2v) is 7.89. The molecule has 0 saturated carbocycles. The lowest BCUT2D eigenvalue weighted by molar-refractivity contribution is 0.0170. The van der Waals surface area contributed by atoms with Gasteiger partial charge in [0.2, 0.25) is 0 Å². The number of halogens is 2. The van der Waals surface area contributed by atoms with E-state index in [1.54, 1.807) is 37.3 Å². The highest BCUT2D eigenvalue weighted by Crippen LogP contribution is 2.30. The van der Waals surface area contributed by atoms with Crippen LogP contribution in [0.3, 0.4) is 0 Å². The van der Waals surface area contributed by atoms with Crippen LogP contribution in [0, 0.1) is 0 Å². The van der Waals surface area contributed by atoms with Crippen LogP contribution < -0.4 is 14.2 Å². The molecule has 3 rings (SSSR count). The molecule has 0 aromatic heterocycles. The minimum atomic E-state index is -0.289. The van der Waals surface area contributed by atoms with Gasteiger partial charge in [-0.3, -0.25) is 4.79 Å². The zero-order valence-electron chi connectivity index (χ0n) is 18.4. The molecule has 1 unspecified atom stereocenters. The third kappa shape index (κ3) is 6.19. The van der Waals surface area contributed by atoms with Crippen molar-refractivity contribution in [1.29, 1.82) is 0 Å². The average Bonchev–Trinajstić information content (AvgIpc) is 2.75. The lowest BCUT2D eigenvalue weighted by Crippen LogP contribution is -2.46. The first kappa shape index (κ1) is 25.1. The van der Waals surface area contributed by atoms with E-state index in [0.717, 1.165) is 37.4 Å². The van der Waals surface area contributed by atoms with Crippen LogP contribution in [-0.2, 0) is 6.42 Å². The molecule has 1 heterocycles. The lowest BCUT2D eigenvalue weighted by atomic mass is 10.1. The zero-order valence-corrected chi connectivity index (χ0v) is 20.0. The number of rotatable bonds is 9. The molecule has 2 aromatic rings. The van der Waals surface area contributed by atoms with E-state index in [1.165, 1.54) is 5.56 Å². The summed E-state index contributed by atoms with van der Waals surface area (Å²) in [5.41, 5.74) is 1.73. The molecule has 0 saturated heterocycles. The van der Waals surface area contributed by atoms with Crippen molar-refractivity contribution in [3.63, 3.8) is 0 Å². The number of ether oxygens (including phenoxy) is 3. The van der Waals surface area contributed by atoms with Crippen LogP contribution in [0.25, 0.3) is 0 Å². The second kappa shape index (κ2) is 11.5. The van der Waals surface area contributed by atoms with Gasteiger partial charge in [-0.2, -0.15) is 0 Å². The molecule has 0 spiro atoms. The Labute approximate surface area is 195 Å². The zero-order chi connectivity index (χ0) is 21.7.